The van der Waals surface area contributed by atoms with Crippen LogP contribution in [0.2, 0.25) is 0 Å². The van der Waals surface area contributed by atoms with Gasteiger partial charge in [0, 0.05) is 6.20 Å². The van der Waals surface area contributed by atoms with E-state index in [9.17, 15) is 0 Å². The largest absolute Gasteiger partial charge is 0.495 e. The quantitative estimate of drug-likeness (QED) is 0.849. The molecule has 0 atom stereocenters. The lowest BCUT2D eigenvalue weighted by molar-refractivity contribution is 0.416. The summed E-state index contributed by atoms with van der Waals surface area (Å²) >= 11 is 0. The summed E-state index contributed by atoms with van der Waals surface area (Å²) in [5.41, 5.74) is 8.44. The van der Waals surface area contributed by atoms with Gasteiger partial charge in [0.05, 0.1) is 18.5 Å². The average molecular weight is 229 g/mol. The van der Waals surface area contributed by atoms with Crippen molar-refractivity contribution in [2.24, 2.45) is 0 Å². The lowest BCUT2D eigenvalue weighted by Crippen LogP contribution is -2.00. The smallest absolute Gasteiger partial charge is 0.153 e. The third kappa shape index (κ3) is 2.47. The Morgan fingerprint density at radius 1 is 1.29 bits per heavy atom. The normalized spacial score (nSPS) is 10.0. The van der Waals surface area contributed by atoms with Crippen LogP contribution in [-0.2, 0) is 0 Å². The van der Waals surface area contributed by atoms with Crippen LogP contribution < -0.4 is 15.8 Å². The van der Waals surface area contributed by atoms with Crippen LogP contribution in [0.4, 0.5) is 17.2 Å². The summed E-state index contributed by atoms with van der Waals surface area (Å²) in [6, 6.07) is 9.50. The number of nitrogens with one attached hydrogen (secondary N) is 1. The second-order valence-electron chi connectivity index (χ2n) is 3.77. The SMILES string of the molecule is COc1ccc(C)cc1Nc1ncccc1N. The van der Waals surface area contributed by atoms with Crippen LogP contribution in [0.3, 0.4) is 0 Å². The second kappa shape index (κ2) is 4.74. The molecule has 88 valence electrons. The van der Waals surface area contributed by atoms with E-state index < -0.39 is 0 Å². The molecule has 4 nitrogen and oxygen atoms in total. The molecule has 1 aromatic carbocycles. The Balaban J connectivity index is 2.35. The van der Waals surface area contributed by atoms with Gasteiger partial charge in [-0.3, -0.25) is 0 Å². The molecule has 0 aliphatic rings. The Bertz CT molecular complexity index is 526. The Labute approximate surface area is 100 Å². The number of rotatable bonds is 3. The van der Waals surface area contributed by atoms with E-state index >= 15 is 0 Å². The van der Waals surface area contributed by atoms with Gasteiger partial charge in [-0.1, -0.05) is 6.07 Å². The molecule has 0 saturated carbocycles. The van der Waals surface area contributed by atoms with Crippen molar-refractivity contribution in [3.63, 3.8) is 0 Å². The Kier molecular flexibility index (Phi) is 3.14. The number of aromatic nitrogens is 1. The molecule has 2 rings (SSSR count). The molecule has 1 heterocycles. The van der Waals surface area contributed by atoms with Crippen LogP contribution in [-0.4, -0.2) is 12.1 Å². The monoisotopic (exact) mass is 229 g/mol. The third-order valence-electron chi connectivity index (χ3n) is 2.45. The van der Waals surface area contributed by atoms with E-state index in [2.05, 4.69) is 10.3 Å². The molecule has 0 unspecified atom stereocenters. The van der Waals surface area contributed by atoms with E-state index in [0.717, 1.165) is 17.0 Å². The van der Waals surface area contributed by atoms with E-state index in [1.54, 1.807) is 25.4 Å². The highest BCUT2D eigenvalue weighted by Gasteiger charge is 2.05. The fourth-order valence-electron chi connectivity index (χ4n) is 1.57. The van der Waals surface area contributed by atoms with Crippen molar-refractivity contribution < 1.29 is 4.74 Å². The van der Waals surface area contributed by atoms with E-state index in [-0.39, 0.29) is 0 Å². The number of hydrogen-bond acceptors (Lipinski definition) is 4. The standard InChI is InChI=1S/C13H15N3O/c1-9-5-6-12(17-2)11(8-9)16-13-10(14)4-3-7-15-13/h3-8H,14H2,1-2H3,(H,15,16). The molecule has 0 aliphatic heterocycles. The molecule has 17 heavy (non-hydrogen) atoms. The van der Waals surface area contributed by atoms with Crippen LogP contribution in [0.15, 0.2) is 36.5 Å². The van der Waals surface area contributed by atoms with Gasteiger partial charge < -0.3 is 15.8 Å². The van der Waals surface area contributed by atoms with Gasteiger partial charge in [0.1, 0.15) is 5.75 Å². The first-order valence-corrected chi connectivity index (χ1v) is 5.33. The maximum absolute atomic E-state index is 5.83. The molecule has 3 N–H and O–H groups in total. The lowest BCUT2D eigenvalue weighted by atomic mass is 10.2. The molecule has 0 radical (unpaired) electrons. The first-order chi connectivity index (χ1) is 8.20. The van der Waals surface area contributed by atoms with Gasteiger partial charge in [0.15, 0.2) is 5.82 Å². The zero-order chi connectivity index (χ0) is 12.3. The molecule has 0 bridgehead atoms. The van der Waals surface area contributed by atoms with E-state index in [1.165, 1.54) is 0 Å². The van der Waals surface area contributed by atoms with Crippen molar-refractivity contribution in [1.82, 2.24) is 4.98 Å². The number of ether oxygens (including phenoxy) is 1. The minimum absolute atomic E-state index is 0.607. The summed E-state index contributed by atoms with van der Waals surface area (Å²) in [6.07, 6.45) is 1.70. The topological polar surface area (TPSA) is 60.2 Å². The fraction of sp³-hybridized carbons (Fsp3) is 0.154. The molecule has 0 fully saturated rings. The van der Waals surface area contributed by atoms with Gasteiger partial charge in [-0.25, -0.2) is 4.98 Å². The van der Waals surface area contributed by atoms with Crippen molar-refractivity contribution in [3.05, 3.63) is 42.1 Å². The Morgan fingerprint density at radius 2 is 2.12 bits per heavy atom. The summed E-state index contributed by atoms with van der Waals surface area (Å²) in [5, 5.41) is 3.17. The zero-order valence-electron chi connectivity index (χ0n) is 9.90. The van der Waals surface area contributed by atoms with Crippen molar-refractivity contribution in [3.8, 4) is 5.75 Å². The van der Waals surface area contributed by atoms with Gasteiger partial charge >= 0.3 is 0 Å². The van der Waals surface area contributed by atoms with Gasteiger partial charge in [0.2, 0.25) is 0 Å². The predicted molar refractivity (Wildman–Crippen MR) is 69.7 cm³/mol. The highest BCUT2D eigenvalue weighted by Crippen LogP contribution is 2.29. The summed E-state index contributed by atoms with van der Waals surface area (Å²) in [4.78, 5) is 4.19. The maximum Gasteiger partial charge on any atom is 0.153 e. The number of nitrogens with zero attached hydrogens (tertiary/aromatic N) is 1. The highest BCUT2D eigenvalue weighted by atomic mass is 16.5. The first kappa shape index (κ1) is 11.3. The van der Waals surface area contributed by atoms with E-state index in [1.807, 2.05) is 25.1 Å². The third-order valence-corrected chi connectivity index (χ3v) is 2.45. The summed E-state index contributed by atoms with van der Waals surface area (Å²) < 4.78 is 5.28. The number of benzene rings is 1. The van der Waals surface area contributed by atoms with Gasteiger partial charge in [-0.2, -0.15) is 0 Å². The van der Waals surface area contributed by atoms with Crippen molar-refractivity contribution in [2.75, 3.05) is 18.2 Å². The molecule has 2 aromatic rings. The van der Waals surface area contributed by atoms with E-state index in [4.69, 9.17) is 10.5 Å². The van der Waals surface area contributed by atoms with Gasteiger partial charge in [0.25, 0.3) is 0 Å². The maximum atomic E-state index is 5.83. The van der Waals surface area contributed by atoms with Crippen molar-refractivity contribution >= 4 is 17.2 Å². The lowest BCUT2D eigenvalue weighted by Gasteiger charge is -2.12. The fourth-order valence-corrected chi connectivity index (χ4v) is 1.57. The molecule has 0 amide bonds. The molecule has 4 heteroatoms. The number of anilines is 3. The van der Waals surface area contributed by atoms with Gasteiger partial charge in [-0.05, 0) is 36.8 Å². The van der Waals surface area contributed by atoms with Crippen LogP contribution in [0.25, 0.3) is 0 Å². The summed E-state index contributed by atoms with van der Waals surface area (Å²) in [6.45, 7) is 2.02. The summed E-state index contributed by atoms with van der Waals surface area (Å²) in [7, 11) is 1.64. The Morgan fingerprint density at radius 3 is 2.82 bits per heavy atom. The van der Waals surface area contributed by atoms with Crippen LogP contribution in [0.1, 0.15) is 5.56 Å². The number of hydrogen-bond donors (Lipinski definition) is 2. The van der Waals surface area contributed by atoms with Crippen LogP contribution >= 0.6 is 0 Å². The summed E-state index contributed by atoms with van der Waals surface area (Å²) in [5.74, 6) is 1.40. The first-order valence-electron chi connectivity index (χ1n) is 5.33. The zero-order valence-corrected chi connectivity index (χ0v) is 9.90. The minimum atomic E-state index is 0.607. The number of pyridine rings is 1. The minimum Gasteiger partial charge on any atom is -0.495 e. The molecular weight excluding hydrogens is 214 g/mol. The highest BCUT2D eigenvalue weighted by molar-refractivity contribution is 5.72. The second-order valence-corrected chi connectivity index (χ2v) is 3.77. The number of methoxy groups -OCH3 is 1. The predicted octanol–water partition coefficient (Wildman–Crippen LogP) is 2.72. The van der Waals surface area contributed by atoms with Crippen molar-refractivity contribution in [1.29, 1.82) is 0 Å². The van der Waals surface area contributed by atoms with Gasteiger partial charge in [-0.15, -0.1) is 0 Å². The average Bonchev–Trinajstić information content (AvgIpc) is 2.32. The number of nitrogen functional groups attached to an aromatic ring is 1. The van der Waals surface area contributed by atoms with Crippen LogP contribution in [0.5, 0.6) is 5.75 Å². The number of aryl methyl sites for hydroxylation is 1. The molecule has 0 saturated heterocycles. The van der Waals surface area contributed by atoms with E-state index in [0.29, 0.717) is 11.5 Å². The van der Waals surface area contributed by atoms with Crippen molar-refractivity contribution in [2.45, 2.75) is 6.92 Å². The molecular formula is C13H15N3O. The number of nitrogens with two attached hydrogens (primary N) is 1. The Hall–Kier alpha value is -2.23. The molecule has 0 aliphatic carbocycles. The molecule has 1 aromatic heterocycles. The molecule has 0 spiro atoms. The van der Waals surface area contributed by atoms with Crippen LogP contribution in [0, 0.1) is 6.92 Å².